The first-order valence-electron chi connectivity index (χ1n) is 6.03. The predicted molar refractivity (Wildman–Crippen MR) is 83.8 cm³/mol. The summed E-state index contributed by atoms with van der Waals surface area (Å²) in [5.74, 6) is 0.594. The molecule has 1 aromatic carbocycles. The minimum atomic E-state index is -0.791. The zero-order valence-corrected chi connectivity index (χ0v) is 12.9. The third-order valence-corrected chi connectivity index (χ3v) is 3.91. The lowest BCUT2D eigenvalue weighted by molar-refractivity contribution is 0.383. The van der Waals surface area contributed by atoms with E-state index in [1.54, 1.807) is 6.07 Å². The van der Waals surface area contributed by atoms with E-state index in [4.69, 9.17) is 11.5 Å². The van der Waals surface area contributed by atoms with Crippen LogP contribution >= 0.6 is 22.6 Å². The molecule has 0 unspecified atom stereocenters. The number of nitrogen functional groups attached to an aromatic ring is 1. The van der Waals surface area contributed by atoms with Gasteiger partial charge in [0.2, 0.25) is 0 Å². The van der Waals surface area contributed by atoms with E-state index in [-0.39, 0.29) is 5.82 Å². The van der Waals surface area contributed by atoms with Crippen molar-refractivity contribution in [2.24, 2.45) is 10.7 Å². The molecule has 3 rings (SSSR count). The van der Waals surface area contributed by atoms with Gasteiger partial charge in [0.1, 0.15) is 15.1 Å². The van der Waals surface area contributed by atoms with Crippen molar-refractivity contribution in [1.82, 2.24) is 9.55 Å². The number of halogens is 2. The first kappa shape index (κ1) is 13.3. The average Bonchev–Trinajstić information content (AvgIpc) is 2.73. The molecule has 1 aliphatic rings. The zero-order chi connectivity index (χ0) is 14.5. The number of amidine groups is 1. The van der Waals surface area contributed by atoms with Gasteiger partial charge in [-0.25, -0.2) is 9.37 Å². The van der Waals surface area contributed by atoms with Gasteiger partial charge in [-0.15, -0.1) is 0 Å². The summed E-state index contributed by atoms with van der Waals surface area (Å²) in [6.45, 7) is 2.31. The monoisotopic (exact) mass is 385 g/mol. The van der Waals surface area contributed by atoms with Crippen molar-refractivity contribution in [2.75, 3.05) is 5.73 Å². The fourth-order valence-corrected chi connectivity index (χ4v) is 3.06. The molecule has 104 valence electrons. The highest BCUT2D eigenvalue weighted by Crippen LogP contribution is 2.34. The van der Waals surface area contributed by atoms with Crippen LogP contribution in [0.4, 0.5) is 10.1 Å². The van der Waals surface area contributed by atoms with Crippen LogP contribution in [-0.4, -0.2) is 15.4 Å². The van der Waals surface area contributed by atoms with Gasteiger partial charge >= 0.3 is 0 Å². The van der Waals surface area contributed by atoms with Gasteiger partial charge in [-0.05, 0) is 47.7 Å². The molecular formula is C13H13FIN5. The molecule has 7 heteroatoms. The lowest BCUT2D eigenvalue weighted by atomic mass is 9.90. The van der Waals surface area contributed by atoms with Crippen molar-refractivity contribution >= 4 is 34.1 Å². The molecule has 20 heavy (non-hydrogen) atoms. The first-order chi connectivity index (χ1) is 9.39. The number of hydrogen-bond donors (Lipinski definition) is 2. The molecule has 2 aromatic rings. The van der Waals surface area contributed by atoms with Crippen molar-refractivity contribution in [3.8, 4) is 0 Å². The summed E-state index contributed by atoms with van der Waals surface area (Å²) in [4.78, 5) is 8.76. The highest BCUT2D eigenvalue weighted by atomic mass is 127. The van der Waals surface area contributed by atoms with Crippen LogP contribution in [0.5, 0.6) is 0 Å². The maximum absolute atomic E-state index is 14.1. The van der Waals surface area contributed by atoms with E-state index in [1.165, 1.54) is 12.1 Å². The summed E-state index contributed by atoms with van der Waals surface area (Å²) in [7, 11) is 0. The summed E-state index contributed by atoms with van der Waals surface area (Å²) >= 11 is 2.11. The third kappa shape index (κ3) is 2.05. The van der Waals surface area contributed by atoms with E-state index in [1.807, 2.05) is 17.7 Å². The predicted octanol–water partition coefficient (Wildman–Crippen LogP) is 1.84. The number of anilines is 1. The summed E-state index contributed by atoms with van der Waals surface area (Å²) in [5.41, 5.74) is 11.9. The maximum Gasteiger partial charge on any atom is 0.176 e. The first-order valence-corrected chi connectivity index (χ1v) is 7.11. The van der Waals surface area contributed by atoms with Crippen LogP contribution in [0.1, 0.15) is 18.3 Å². The van der Waals surface area contributed by atoms with Gasteiger partial charge < -0.3 is 16.0 Å². The molecule has 1 atom stereocenters. The molecule has 0 fully saturated rings. The topological polar surface area (TPSA) is 82.2 Å². The highest BCUT2D eigenvalue weighted by molar-refractivity contribution is 14.1. The lowest BCUT2D eigenvalue weighted by Crippen LogP contribution is -2.37. The van der Waals surface area contributed by atoms with Crippen LogP contribution in [0.3, 0.4) is 0 Å². The Morgan fingerprint density at radius 2 is 2.15 bits per heavy atom. The van der Waals surface area contributed by atoms with Gasteiger partial charge in [0.15, 0.2) is 11.7 Å². The SMILES string of the molecule is C[C@@]1(c2cc(N)ccc2F)Cn2cc(I)nc2C(N)=N1. The number of fused-ring (bicyclic) bond motifs is 1. The third-order valence-electron chi connectivity index (χ3n) is 3.39. The Morgan fingerprint density at radius 3 is 2.90 bits per heavy atom. The van der Waals surface area contributed by atoms with E-state index in [2.05, 4.69) is 32.6 Å². The molecule has 2 heterocycles. The molecule has 4 N–H and O–H groups in total. The number of rotatable bonds is 1. The molecule has 1 aromatic heterocycles. The van der Waals surface area contributed by atoms with E-state index in [0.717, 1.165) is 3.70 Å². The summed E-state index contributed by atoms with van der Waals surface area (Å²) in [6, 6.07) is 4.50. The number of nitrogens with zero attached hydrogens (tertiary/aromatic N) is 3. The Balaban J connectivity index is 2.14. The molecule has 1 aliphatic heterocycles. The fraction of sp³-hybridized carbons (Fsp3) is 0.231. The van der Waals surface area contributed by atoms with Gasteiger partial charge in [0.05, 0.1) is 6.54 Å². The minimum absolute atomic E-state index is 0.309. The maximum atomic E-state index is 14.1. The molecule has 0 amide bonds. The number of nitrogens with two attached hydrogens (primary N) is 2. The Kier molecular flexibility index (Phi) is 2.96. The number of aromatic nitrogens is 2. The van der Waals surface area contributed by atoms with Crippen LogP contribution in [0.2, 0.25) is 0 Å². The molecule has 5 nitrogen and oxygen atoms in total. The zero-order valence-electron chi connectivity index (χ0n) is 10.8. The molecule has 0 bridgehead atoms. The second kappa shape index (κ2) is 4.44. The van der Waals surface area contributed by atoms with E-state index in [9.17, 15) is 4.39 Å². The number of hydrogen-bond acceptors (Lipinski definition) is 4. The molecule has 0 saturated heterocycles. The van der Waals surface area contributed by atoms with Crippen molar-refractivity contribution in [3.05, 3.63) is 45.3 Å². The largest absolute Gasteiger partial charge is 0.399 e. The van der Waals surface area contributed by atoms with Gasteiger partial charge in [0.25, 0.3) is 0 Å². The molecule has 0 radical (unpaired) electrons. The Morgan fingerprint density at radius 1 is 1.40 bits per heavy atom. The van der Waals surface area contributed by atoms with Crippen molar-refractivity contribution in [3.63, 3.8) is 0 Å². The second-order valence-electron chi connectivity index (χ2n) is 5.03. The van der Waals surface area contributed by atoms with Crippen LogP contribution in [0.25, 0.3) is 0 Å². The number of aliphatic imine (C=N–C) groups is 1. The number of benzene rings is 1. The molecular weight excluding hydrogens is 372 g/mol. The lowest BCUT2D eigenvalue weighted by Gasteiger charge is -2.31. The van der Waals surface area contributed by atoms with Crippen molar-refractivity contribution < 1.29 is 4.39 Å². The van der Waals surface area contributed by atoms with Crippen LogP contribution in [0, 0.1) is 9.52 Å². The highest BCUT2D eigenvalue weighted by Gasteiger charge is 2.35. The summed E-state index contributed by atoms with van der Waals surface area (Å²) < 4.78 is 16.8. The molecule has 0 aliphatic carbocycles. The van der Waals surface area contributed by atoms with Gasteiger partial charge in [-0.1, -0.05) is 0 Å². The quantitative estimate of drug-likeness (QED) is 0.581. The smallest absolute Gasteiger partial charge is 0.176 e. The van der Waals surface area contributed by atoms with Crippen LogP contribution in [0.15, 0.2) is 29.4 Å². The number of imidazole rings is 1. The normalized spacial score (nSPS) is 21.4. The fourth-order valence-electron chi connectivity index (χ4n) is 2.49. The van der Waals surface area contributed by atoms with E-state index >= 15 is 0 Å². The van der Waals surface area contributed by atoms with E-state index in [0.29, 0.717) is 29.5 Å². The summed E-state index contributed by atoms with van der Waals surface area (Å²) in [5, 5.41) is 0. The van der Waals surface area contributed by atoms with Crippen molar-refractivity contribution in [2.45, 2.75) is 19.0 Å². The van der Waals surface area contributed by atoms with Crippen molar-refractivity contribution in [1.29, 1.82) is 0 Å². The van der Waals surface area contributed by atoms with Gasteiger partial charge in [-0.3, -0.25) is 4.99 Å². The summed E-state index contributed by atoms with van der Waals surface area (Å²) in [6.07, 6.45) is 1.87. The van der Waals surface area contributed by atoms with Crippen LogP contribution in [-0.2, 0) is 12.1 Å². The molecule has 0 spiro atoms. The van der Waals surface area contributed by atoms with Gasteiger partial charge in [0, 0.05) is 17.4 Å². The Hall–Kier alpha value is -1.64. The Labute approximate surface area is 129 Å². The molecule has 0 saturated carbocycles. The minimum Gasteiger partial charge on any atom is -0.399 e. The average molecular weight is 385 g/mol. The second-order valence-corrected chi connectivity index (χ2v) is 6.13. The standard InChI is InChI=1S/C13H13FIN5/c1-13(8-4-7(16)2-3-9(8)14)6-20-5-10(15)18-12(20)11(17)19-13/h2-5H,6,16H2,1H3,(H2,17,19)/t13-/m0/s1. The van der Waals surface area contributed by atoms with E-state index < -0.39 is 5.54 Å². The van der Waals surface area contributed by atoms with Crippen LogP contribution < -0.4 is 11.5 Å². The van der Waals surface area contributed by atoms with Gasteiger partial charge in [-0.2, -0.15) is 0 Å². The Bertz CT molecular complexity index is 724.